The largest absolute Gasteiger partial charge is 0.153 e. The molecule has 0 bridgehead atoms. The average molecular weight is 220 g/mol. The zero-order chi connectivity index (χ0) is 8.93. The maximum absolute atomic E-state index is 2.17. The molecule has 2 aromatic rings. The molecule has 0 aliphatic heterocycles. The van der Waals surface area contributed by atoms with Crippen LogP contribution >= 0.6 is 18.5 Å². The van der Waals surface area contributed by atoms with Crippen LogP contribution in [0.1, 0.15) is 0 Å². The molecule has 0 radical (unpaired) electrons. The second kappa shape index (κ2) is 5.91. The fraction of sp³-hybridized carbons (Fsp3) is 0. The highest BCUT2D eigenvalue weighted by Gasteiger charge is 1.92. The summed E-state index contributed by atoms with van der Waals surface area (Å²) in [5.41, 5.74) is 0. The Hall–Kier alpha value is -0.700. The Labute approximate surface area is 90.2 Å². The monoisotopic (exact) mass is 220 g/mol. The Morgan fingerprint density at radius 2 is 0.929 bits per heavy atom. The molecule has 0 spiro atoms. The zero-order valence-electron chi connectivity index (χ0n) is 7.98. The molecule has 0 saturated carbocycles. The van der Waals surface area contributed by atoms with Crippen LogP contribution in [-0.4, -0.2) is 0 Å². The summed E-state index contributed by atoms with van der Waals surface area (Å²) < 4.78 is 0. The lowest BCUT2D eigenvalue weighted by molar-refractivity contribution is 1.76. The van der Waals surface area contributed by atoms with Gasteiger partial charge in [0, 0.05) is 0 Å². The van der Waals surface area contributed by atoms with Crippen LogP contribution < -0.4 is 10.6 Å². The first kappa shape index (κ1) is 11.4. The van der Waals surface area contributed by atoms with Crippen LogP contribution in [-0.2, 0) is 0 Å². The molecule has 0 nitrogen and oxygen atoms in total. The summed E-state index contributed by atoms with van der Waals surface area (Å²) in [5.74, 6) is 0. The molecule has 0 amide bonds. The Balaban J connectivity index is 0.000000980. The van der Waals surface area contributed by atoms with E-state index in [0.717, 1.165) is 8.58 Å². The lowest BCUT2D eigenvalue weighted by atomic mass is 10.4. The average Bonchev–Trinajstić information content (AvgIpc) is 2.21. The van der Waals surface area contributed by atoms with Crippen molar-refractivity contribution < 1.29 is 0 Å². The van der Waals surface area contributed by atoms with Crippen LogP contribution in [0.3, 0.4) is 0 Å². The normalized spacial score (nSPS) is 9.14. The summed E-state index contributed by atoms with van der Waals surface area (Å²) in [7, 11) is 0.777. The minimum Gasteiger partial charge on any atom is -0.153 e. The highest BCUT2D eigenvalue weighted by molar-refractivity contribution is 7.55. The van der Waals surface area contributed by atoms with Gasteiger partial charge in [-0.15, -0.1) is 0 Å². The molecule has 0 saturated heterocycles. The highest BCUT2D eigenvalue weighted by atomic mass is 31.1. The van der Waals surface area contributed by atoms with E-state index >= 15 is 0 Å². The predicted octanol–water partition coefficient (Wildman–Crippen LogP) is 2.37. The Morgan fingerprint density at radius 3 is 1.29 bits per heavy atom. The summed E-state index contributed by atoms with van der Waals surface area (Å²) >= 11 is 0. The van der Waals surface area contributed by atoms with Gasteiger partial charge in [-0.05, 0) is 10.6 Å². The zero-order valence-corrected chi connectivity index (χ0v) is 10.4. The lowest BCUT2D eigenvalue weighted by Crippen LogP contribution is -2.01. The third kappa shape index (κ3) is 3.22. The summed E-state index contributed by atoms with van der Waals surface area (Å²) in [5, 5.41) is 2.79. The maximum Gasteiger partial charge on any atom is -0.0226 e. The van der Waals surface area contributed by atoms with Gasteiger partial charge in [-0.25, -0.2) is 0 Å². The molecule has 1 unspecified atom stereocenters. The van der Waals surface area contributed by atoms with E-state index in [9.17, 15) is 0 Å². The van der Waals surface area contributed by atoms with Crippen LogP contribution in [0.5, 0.6) is 0 Å². The Kier molecular flexibility index (Phi) is 4.80. The van der Waals surface area contributed by atoms with Crippen molar-refractivity contribution >= 4 is 29.1 Å². The smallest absolute Gasteiger partial charge is 0.0226 e. The van der Waals surface area contributed by atoms with Crippen LogP contribution in [0.15, 0.2) is 60.7 Å². The second-order valence-electron chi connectivity index (χ2n) is 2.86. The molecule has 0 aromatic heterocycles. The first-order valence-corrected chi connectivity index (χ1v) is 5.32. The van der Waals surface area contributed by atoms with Crippen molar-refractivity contribution in [2.24, 2.45) is 0 Å². The predicted molar refractivity (Wildman–Crippen MR) is 71.6 cm³/mol. The molecule has 0 aliphatic carbocycles. The van der Waals surface area contributed by atoms with Gasteiger partial charge < -0.3 is 0 Å². The van der Waals surface area contributed by atoms with Crippen LogP contribution in [0.4, 0.5) is 0 Å². The van der Waals surface area contributed by atoms with Crippen LogP contribution in [0.25, 0.3) is 0 Å². The highest BCUT2D eigenvalue weighted by Crippen LogP contribution is 2.08. The molecular weight excluding hydrogens is 206 g/mol. The SMILES string of the molecule is P.c1ccc(Pc2ccccc2)cc1. The molecule has 0 N–H and O–H groups in total. The van der Waals surface area contributed by atoms with Crippen molar-refractivity contribution in [2.75, 3.05) is 0 Å². The first-order chi connectivity index (χ1) is 6.45. The Bertz CT molecular complexity index is 319. The van der Waals surface area contributed by atoms with Crippen molar-refractivity contribution in [3.8, 4) is 0 Å². The molecular formula is C12H14P2. The van der Waals surface area contributed by atoms with E-state index < -0.39 is 0 Å². The minimum atomic E-state index is 0. The van der Waals surface area contributed by atoms with Gasteiger partial charge in [0.2, 0.25) is 0 Å². The molecule has 0 heterocycles. The molecule has 0 fully saturated rings. The van der Waals surface area contributed by atoms with Crippen LogP contribution in [0, 0.1) is 0 Å². The van der Waals surface area contributed by atoms with E-state index in [4.69, 9.17) is 0 Å². The summed E-state index contributed by atoms with van der Waals surface area (Å²) in [6.07, 6.45) is 0. The molecule has 14 heavy (non-hydrogen) atoms. The lowest BCUT2D eigenvalue weighted by Gasteiger charge is -2.00. The topological polar surface area (TPSA) is 0 Å². The quantitative estimate of drug-likeness (QED) is 0.681. The first-order valence-electron chi connectivity index (χ1n) is 4.32. The number of benzene rings is 2. The number of hydrogen-bond donors (Lipinski definition) is 0. The molecule has 2 rings (SSSR count). The van der Waals surface area contributed by atoms with Gasteiger partial charge >= 0.3 is 0 Å². The fourth-order valence-electron chi connectivity index (χ4n) is 1.21. The van der Waals surface area contributed by atoms with Crippen LogP contribution in [0.2, 0.25) is 0 Å². The summed E-state index contributed by atoms with van der Waals surface area (Å²) in [6, 6.07) is 21.2. The summed E-state index contributed by atoms with van der Waals surface area (Å²) in [6.45, 7) is 0. The van der Waals surface area contributed by atoms with Crippen molar-refractivity contribution in [3.63, 3.8) is 0 Å². The van der Waals surface area contributed by atoms with Gasteiger partial charge in [0.1, 0.15) is 0 Å². The van der Waals surface area contributed by atoms with Gasteiger partial charge in [0.05, 0.1) is 0 Å². The third-order valence-corrected chi connectivity index (χ3v) is 3.08. The fourth-order valence-corrected chi connectivity index (χ4v) is 2.26. The van der Waals surface area contributed by atoms with E-state index in [1.807, 2.05) is 0 Å². The number of hydrogen-bond acceptors (Lipinski definition) is 0. The van der Waals surface area contributed by atoms with Gasteiger partial charge in [-0.3, -0.25) is 0 Å². The minimum absolute atomic E-state index is 0. The van der Waals surface area contributed by atoms with Gasteiger partial charge in [-0.2, -0.15) is 9.90 Å². The molecule has 0 aliphatic rings. The standard InChI is InChI=1S/C12H11P.H3P/c1-3-7-11(8-4-1)13-12-9-5-2-6-10-12;/h1-10,13H;1H3. The van der Waals surface area contributed by atoms with E-state index in [1.54, 1.807) is 0 Å². The second-order valence-corrected chi connectivity index (χ2v) is 4.26. The Morgan fingerprint density at radius 1 is 0.571 bits per heavy atom. The molecule has 1 atom stereocenters. The molecule has 2 heteroatoms. The van der Waals surface area contributed by atoms with Gasteiger partial charge in [0.25, 0.3) is 0 Å². The molecule has 2 aromatic carbocycles. The van der Waals surface area contributed by atoms with Crippen molar-refractivity contribution in [1.82, 2.24) is 0 Å². The van der Waals surface area contributed by atoms with E-state index in [0.29, 0.717) is 0 Å². The van der Waals surface area contributed by atoms with Crippen molar-refractivity contribution in [2.45, 2.75) is 0 Å². The van der Waals surface area contributed by atoms with E-state index in [1.165, 1.54) is 10.6 Å². The maximum atomic E-state index is 2.17. The van der Waals surface area contributed by atoms with Gasteiger partial charge in [0.15, 0.2) is 0 Å². The van der Waals surface area contributed by atoms with Crippen molar-refractivity contribution in [1.29, 1.82) is 0 Å². The molecule has 72 valence electrons. The summed E-state index contributed by atoms with van der Waals surface area (Å²) in [4.78, 5) is 0. The third-order valence-electron chi connectivity index (χ3n) is 1.84. The van der Waals surface area contributed by atoms with Gasteiger partial charge in [-0.1, -0.05) is 69.2 Å². The van der Waals surface area contributed by atoms with E-state index in [2.05, 4.69) is 60.7 Å². The van der Waals surface area contributed by atoms with Crippen molar-refractivity contribution in [3.05, 3.63) is 60.7 Å². The van der Waals surface area contributed by atoms with E-state index in [-0.39, 0.29) is 9.90 Å². The number of rotatable bonds is 2.